The van der Waals surface area contributed by atoms with E-state index >= 15 is 0 Å². The predicted octanol–water partition coefficient (Wildman–Crippen LogP) is 5.54. The van der Waals surface area contributed by atoms with Gasteiger partial charge in [-0.15, -0.1) is 0 Å². The van der Waals surface area contributed by atoms with E-state index in [0.717, 1.165) is 28.8 Å². The molecule has 0 saturated heterocycles. The fourth-order valence-electron chi connectivity index (χ4n) is 3.82. The highest BCUT2D eigenvalue weighted by Crippen LogP contribution is 2.47. The molecule has 2 bridgehead atoms. The number of halogens is 2. The lowest BCUT2D eigenvalue weighted by atomic mass is 9.72. The average molecular weight is 304 g/mol. The Hall–Kier alpha value is -1.05. The van der Waals surface area contributed by atoms with Gasteiger partial charge in [0.1, 0.15) is 0 Å². The van der Waals surface area contributed by atoms with Gasteiger partial charge in [0, 0.05) is 16.1 Å². The molecule has 102 valence electrons. The Morgan fingerprint density at radius 2 is 2.05 bits per heavy atom. The summed E-state index contributed by atoms with van der Waals surface area (Å²) < 4.78 is 0. The van der Waals surface area contributed by atoms with Crippen molar-refractivity contribution in [3.8, 4) is 0 Å². The smallest absolute Gasteiger partial charge is 0.0735 e. The maximum absolute atomic E-state index is 6.70. The van der Waals surface area contributed by atoms with Crippen molar-refractivity contribution in [2.45, 2.75) is 32.1 Å². The number of fused-ring (bicyclic) bond motifs is 5. The highest BCUT2D eigenvalue weighted by Gasteiger charge is 2.32. The molecular weight excluding hydrogens is 289 g/mol. The summed E-state index contributed by atoms with van der Waals surface area (Å²) in [5, 5.41) is 2.63. The first-order valence-electron chi connectivity index (χ1n) is 7.06. The first kappa shape index (κ1) is 12.7. The Kier molecular flexibility index (Phi) is 2.84. The SMILES string of the molecule is CC1=C[C@H]2Cc3nc4cc(Cl)ccc4c(Cl)c3[C@@H](C1)C2. The summed E-state index contributed by atoms with van der Waals surface area (Å²) in [5.74, 6) is 1.16. The molecular formula is C17H15Cl2N. The fourth-order valence-corrected chi connectivity index (χ4v) is 4.41. The van der Waals surface area contributed by atoms with Crippen molar-refractivity contribution in [2.24, 2.45) is 5.92 Å². The number of rotatable bonds is 0. The van der Waals surface area contributed by atoms with Gasteiger partial charge in [-0.1, -0.05) is 34.9 Å². The van der Waals surface area contributed by atoms with Gasteiger partial charge in [0.25, 0.3) is 0 Å². The molecule has 0 unspecified atom stereocenters. The average Bonchev–Trinajstić information content (AvgIpc) is 2.36. The molecule has 2 aliphatic rings. The zero-order valence-electron chi connectivity index (χ0n) is 11.3. The Bertz CT molecular complexity index is 748. The summed E-state index contributed by atoms with van der Waals surface area (Å²) in [6.45, 7) is 2.23. The molecule has 0 spiro atoms. The van der Waals surface area contributed by atoms with Crippen LogP contribution in [0.5, 0.6) is 0 Å². The highest BCUT2D eigenvalue weighted by atomic mass is 35.5. The summed E-state index contributed by atoms with van der Waals surface area (Å²) in [7, 11) is 0. The summed E-state index contributed by atoms with van der Waals surface area (Å²) in [4.78, 5) is 4.85. The largest absolute Gasteiger partial charge is 0.252 e. The molecule has 0 amide bonds. The first-order chi connectivity index (χ1) is 9.61. The standard InChI is InChI=1S/C17H15Cl2N/c1-9-4-10-6-11(5-9)16-15(7-10)20-14-8-12(18)2-3-13(14)17(16)19/h2-4,8,10-11H,5-7H2,1H3/t10-,11+/m1/s1. The van der Waals surface area contributed by atoms with Crippen LogP contribution in [0.3, 0.4) is 0 Å². The second kappa shape index (κ2) is 4.47. The van der Waals surface area contributed by atoms with Crippen molar-refractivity contribution in [1.82, 2.24) is 4.98 Å². The van der Waals surface area contributed by atoms with Gasteiger partial charge in [-0.3, -0.25) is 4.98 Å². The lowest BCUT2D eigenvalue weighted by Crippen LogP contribution is -2.23. The molecule has 0 radical (unpaired) electrons. The Balaban J connectivity index is 1.97. The van der Waals surface area contributed by atoms with Gasteiger partial charge in [0.2, 0.25) is 0 Å². The van der Waals surface area contributed by atoms with E-state index in [1.54, 1.807) is 0 Å². The number of benzene rings is 1. The molecule has 1 aromatic carbocycles. The summed E-state index contributed by atoms with van der Waals surface area (Å²) in [6, 6.07) is 5.79. The van der Waals surface area contributed by atoms with E-state index in [2.05, 4.69) is 13.0 Å². The maximum Gasteiger partial charge on any atom is 0.0735 e. The molecule has 3 heteroatoms. The van der Waals surface area contributed by atoms with Gasteiger partial charge < -0.3 is 0 Å². The van der Waals surface area contributed by atoms with Crippen molar-refractivity contribution in [1.29, 1.82) is 0 Å². The van der Waals surface area contributed by atoms with Crippen molar-refractivity contribution in [2.75, 3.05) is 0 Å². The molecule has 2 atom stereocenters. The maximum atomic E-state index is 6.70. The van der Waals surface area contributed by atoms with Crippen LogP contribution in [0.2, 0.25) is 10.0 Å². The van der Waals surface area contributed by atoms with Crippen LogP contribution in [0.1, 0.15) is 36.9 Å². The second-order valence-electron chi connectivity index (χ2n) is 6.06. The van der Waals surface area contributed by atoms with E-state index in [-0.39, 0.29) is 0 Å². The third-order valence-electron chi connectivity index (χ3n) is 4.54. The molecule has 2 aliphatic carbocycles. The van der Waals surface area contributed by atoms with Crippen molar-refractivity contribution < 1.29 is 0 Å². The van der Waals surface area contributed by atoms with E-state index in [1.165, 1.54) is 23.3 Å². The Labute approximate surface area is 128 Å². The highest BCUT2D eigenvalue weighted by molar-refractivity contribution is 6.37. The predicted molar refractivity (Wildman–Crippen MR) is 84.7 cm³/mol. The van der Waals surface area contributed by atoms with Crippen LogP contribution in [0.4, 0.5) is 0 Å². The summed E-state index contributed by atoms with van der Waals surface area (Å²) in [6.07, 6.45) is 5.75. The molecule has 1 heterocycles. The first-order valence-corrected chi connectivity index (χ1v) is 7.82. The van der Waals surface area contributed by atoms with Gasteiger partial charge in [0.15, 0.2) is 0 Å². The van der Waals surface area contributed by atoms with Gasteiger partial charge in [0.05, 0.1) is 10.5 Å². The number of pyridine rings is 1. The zero-order valence-corrected chi connectivity index (χ0v) is 12.8. The molecule has 4 rings (SSSR count). The van der Waals surface area contributed by atoms with Crippen LogP contribution in [0.15, 0.2) is 29.8 Å². The quantitative estimate of drug-likeness (QED) is 0.582. The fraction of sp³-hybridized carbons (Fsp3) is 0.353. The van der Waals surface area contributed by atoms with Crippen LogP contribution >= 0.6 is 23.2 Å². The minimum atomic E-state index is 0.536. The number of hydrogen-bond acceptors (Lipinski definition) is 1. The topological polar surface area (TPSA) is 12.9 Å². The second-order valence-corrected chi connectivity index (χ2v) is 6.88. The van der Waals surface area contributed by atoms with Crippen molar-refractivity contribution >= 4 is 34.1 Å². The number of aromatic nitrogens is 1. The van der Waals surface area contributed by atoms with Gasteiger partial charge in [-0.2, -0.15) is 0 Å². The lowest BCUT2D eigenvalue weighted by molar-refractivity contribution is 0.432. The van der Waals surface area contributed by atoms with Crippen molar-refractivity contribution in [3.63, 3.8) is 0 Å². The van der Waals surface area contributed by atoms with Crippen LogP contribution in [-0.2, 0) is 6.42 Å². The molecule has 1 aromatic heterocycles. The van der Waals surface area contributed by atoms with E-state index in [1.807, 2.05) is 18.2 Å². The van der Waals surface area contributed by atoms with E-state index in [4.69, 9.17) is 28.2 Å². The summed E-state index contributed by atoms with van der Waals surface area (Å²) >= 11 is 12.8. The lowest BCUT2D eigenvalue weighted by Gasteiger charge is -2.35. The monoisotopic (exact) mass is 303 g/mol. The van der Waals surface area contributed by atoms with E-state index < -0.39 is 0 Å². The molecule has 2 aromatic rings. The van der Waals surface area contributed by atoms with E-state index in [9.17, 15) is 0 Å². The number of nitrogens with zero attached hydrogens (tertiary/aromatic N) is 1. The van der Waals surface area contributed by atoms with Crippen LogP contribution < -0.4 is 0 Å². The zero-order chi connectivity index (χ0) is 13.9. The van der Waals surface area contributed by atoms with Gasteiger partial charge in [-0.25, -0.2) is 0 Å². The molecule has 1 nitrogen and oxygen atoms in total. The molecule has 0 N–H and O–H groups in total. The van der Waals surface area contributed by atoms with Crippen LogP contribution in [0.25, 0.3) is 10.9 Å². The Morgan fingerprint density at radius 1 is 1.20 bits per heavy atom. The van der Waals surface area contributed by atoms with E-state index in [0.29, 0.717) is 16.9 Å². The van der Waals surface area contributed by atoms with Gasteiger partial charge >= 0.3 is 0 Å². The van der Waals surface area contributed by atoms with Crippen LogP contribution in [-0.4, -0.2) is 4.98 Å². The summed E-state index contributed by atoms with van der Waals surface area (Å²) in [5.41, 5.74) is 4.87. The Morgan fingerprint density at radius 3 is 2.90 bits per heavy atom. The minimum absolute atomic E-state index is 0.536. The van der Waals surface area contributed by atoms with Gasteiger partial charge in [-0.05, 0) is 61.8 Å². The third kappa shape index (κ3) is 1.88. The van der Waals surface area contributed by atoms with Crippen molar-refractivity contribution in [3.05, 3.63) is 51.2 Å². The minimum Gasteiger partial charge on any atom is -0.252 e. The molecule has 0 aliphatic heterocycles. The van der Waals surface area contributed by atoms with Crippen LogP contribution in [0, 0.1) is 5.92 Å². The molecule has 0 fully saturated rings. The number of allylic oxidation sites excluding steroid dienone is 2. The normalized spacial score (nSPS) is 24.4. The number of hydrogen-bond donors (Lipinski definition) is 0. The molecule has 20 heavy (non-hydrogen) atoms. The third-order valence-corrected chi connectivity index (χ3v) is 5.18. The molecule has 0 saturated carbocycles.